The quantitative estimate of drug-likeness (QED) is 0.431. The summed E-state index contributed by atoms with van der Waals surface area (Å²) in [5, 5.41) is 13.7. The molecule has 29 heavy (non-hydrogen) atoms. The summed E-state index contributed by atoms with van der Waals surface area (Å²) >= 11 is 0. The number of fused-ring (bicyclic) bond motifs is 1. The highest BCUT2D eigenvalue weighted by molar-refractivity contribution is 6.22. The molecular formula is C19H22N4O6. The fourth-order valence-corrected chi connectivity index (χ4v) is 3.60. The van der Waals surface area contributed by atoms with Crippen LogP contribution in [0.1, 0.15) is 53.3 Å². The fourth-order valence-electron chi connectivity index (χ4n) is 3.60. The molecule has 4 amide bonds. The molecular weight excluding hydrogens is 380 g/mol. The summed E-state index contributed by atoms with van der Waals surface area (Å²) in [6.07, 6.45) is 2.51. The summed E-state index contributed by atoms with van der Waals surface area (Å²) in [6, 6.07) is 3.30. The molecule has 0 spiro atoms. The minimum Gasteiger partial charge on any atom is -0.352 e. The van der Waals surface area contributed by atoms with Gasteiger partial charge in [-0.15, -0.1) is 0 Å². The van der Waals surface area contributed by atoms with Crippen molar-refractivity contribution in [2.24, 2.45) is 0 Å². The lowest BCUT2D eigenvalue weighted by atomic mass is 10.0. The summed E-state index contributed by atoms with van der Waals surface area (Å²) in [5.74, 6) is -1.73. The van der Waals surface area contributed by atoms with E-state index in [1.54, 1.807) is 4.90 Å². The van der Waals surface area contributed by atoms with E-state index in [-0.39, 0.29) is 28.8 Å². The van der Waals surface area contributed by atoms with Crippen LogP contribution in [0.2, 0.25) is 0 Å². The van der Waals surface area contributed by atoms with E-state index >= 15 is 0 Å². The zero-order valence-corrected chi connectivity index (χ0v) is 16.1. The van der Waals surface area contributed by atoms with Crippen LogP contribution in [0.4, 0.5) is 5.69 Å². The van der Waals surface area contributed by atoms with Crippen LogP contribution in [-0.4, -0.2) is 64.0 Å². The Morgan fingerprint density at radius 1 is 1.17 bits per heavy atom. The number of non-ortho nitro benzene ring substituents is 1. The second-order valence-corrected chi connectivity index (χ2v) is 7.16. The summed E-state index contributed by atoms with van der Waals surface area (Å²) in [7, 11) is 0. The molecule has 1 saturated heterocycles. The first-order valence-corrected chi connectivity index (χ1v) is 9.53. The number of rotatable bonds is 6. The van der Waals surface area contributed by atoms with E-state index in [4.69, 9.17) is 0 Å². The van der Waals surface area contributed by atoms with E-state index in [1.807, 2.05) is 6.92 Å². The second-order valence-electron chi connectivity index (χ2n) is 7.16. The maximum absolute atomic E-state index is 12.4. The first kappa shape index (κ1) is 20.4. The first-order valence-electron chi connectivity index (χ1n) is 9.53. The minimum absolute atomic E-state index is 0.0520. The van der Waals surface area contributed by atoms with Crippen LogP contribution >= 0.6 is 0 Å². The molecule has 0 aliphatic carbocycles. The molecule has 0 bridgehead atoms. The third-order valence-corrected chi connectivity index (χ3v) is 5.14. The van der Waals surface area contributed by atoms with Crippen LogP contribution in [0.25, 0.3) is 0 Å². The highest BCUT2D eigenvalue weighted by atomic mass is 16.6. The van der Waals surface area contributed by atoms with Crippen molar-refractivity contribution in [3.05, 3.63) is 39.4 Å². The van der Waals surface area contributed by atoms with Crippen molar-refractivity contribution in [1.29, 1.82) is 0 Å². The third-order valence-electron chi connectivity index (χ3n) is 5.14. The van der Waals surface area contributed by atoms with Gasteiger partial charge < -0.3 is 10.2 Å². The average Bonchev–Trinajstić information content (AvgIpc) is 2.93. The average molecular weight is 402 g/mol. The summed E-state index contributed by atoms with van der Waals surface area (Å²) in [6.45, 7) is 2.61. The number of nitro groups is 1. The van der Waals surface area contributed by atoms with Gasteiger partial charge in [-0.1, -0.05) is 6.92 Å². The van der Waals surface area contributed by atoms with Crippen LogP contribution in [0.3, 0.4) is 0 Å². The molecule has 1 aromatic carbocycles. The Morgan fingerprint density at radius 2 is 1.83 bits per heavy atom. The van der Waals surface area contributed by atoms with Gasteiger partial charge in [0.1, 0.15) is 6.54 Å². The Hall–Kier alpha value is -3.30. The molecule has 10 nitrogen and oxygen atoms in total. The lowest BCUT2D eigenvalue weighted by Gasteiger charge is -2.32. The molecule has 0 unspecified atom stereocenters. The van der Waals surface area contributed by atoms with E-state index < -0.39 is 29.2 Å². The van der Waals surface area contributed by atoms with Gasteiger partial charge in [0, 0.05) is 37.7 Å². The van der Waals surface area contributed by atoms with Gasteiger partial charge in [-0.05, 0) is 25.3 Å². The maximum atomic E-state index is 12.4. The zero-order valence-electron chi connectivity index (χ0n) is 16.1. The summed E-state index contributed by atoms with van der Waals surface area (Å²) in [5.41, 5.74) is -0.309. The summed E-state index contributed by atoms with van der Waals surface area (Å²) in [4.78, 5) is 61.9. The fraction of sp³-hybridized carbons (Fsp3) is 0.474. The molecule has 10 heteroatoms. The van der Waals surface area contributed by atoms with Crippen LogP contribution in [0.15, 0.2) is 18.2 Å². The Labute approximate surface area is 167 Å². The van der Waals surface area contributed by atoms with Crippen molar-refractivity contribution < 1.29 is 24.1 Å². The molecule has 3 rings (SSSR count). The van der Waals surface area contributed by atoms with Crippen LogP contribution in [0, 0.1) is 10.1 Å². The van der Waals surface area contributed by atoms with Gasteiger partial charge in [-0.25, -0.2) is 0 Å². The predicted molar refractivity (Wildman–Crippen MR) is 101 cm³/mol. The van der Waals surface area contributed by atoms with E-state index in [0.717, 1.165) is 23.5 Å². The molecule has 2 heterocycles. The molecule has 2 aliphatic heterocycles. The standard InChI is InChI=1S/C19H22N4O6/c1-2-3-17(25)21-8-6-12(7-9-21)20-16(24)11-22-18(26)14-5-4-13(23(28)29)10-15(14)19(22)27/h4-5,10,12H,2-3,6-9,11H2,1H3,(H,20,24). The number of amides is 4. The number of likely N-dealkylation sites (tertiary alicyclic amines) is 1. The van der Waals surface area contributed by atoms with Gasteiger partial charge in [0.25, 0.3) is 17.5 Å². The molecule has 1 N–H and O–H groups in total. The smallest absolute Gasteiger partial charge is 0.270 e. The van der Waals surface area contributed by atoms with E-state index in [9.17, 15) is 29.3 Å². The minimum atomic E-state index is -0.719. The molecule has 0 saturated carbocycles. The normalized spacial score (nSPS) is 16.7. The Kier molecular flexibility index (Phi) is 5.90. The predicted octanol–water partition coefficient (Wildman–Crippen LogP) is 1.10. The zero-order chi connectivity index (χ0) is 21.1. The van der Waals surface area contributed by atoms with Gasteiger partial charge in [-0.2, -0.15) is 0 Å². The molecule has 1 fully saturated rings. The number of imide groups is 1. The molecule has 2 aliphatic rings. The van der Waals surface area contributed by atoms with Gasteiger partial charge in [0.05, 0.1) is 16.1 Å². The highest BCUT2D eigenvalue weighted by Crippen LogP contribution is 2.26. The van der Waals surface area contributed by atoms with Crippen molar-refractivity contribution in [2.45, 2.75) is 38.6 Å². The van der Waals surface area contributed by atoms with Crippen LogP contribution in [-0.2, 0) is 9.59 Å². The Balaban J connectivity index is 1.56. The van der Waals surface area contributed by atoms with Crippen molar-refractivity contribution in [3.63, 3.8) is 0 Å². The van der Waals surface area contributed by atoms with Crippen molar-refractivity contribution >= 4 is 29.3 Å². The number of hydrogen-bond donors (Lipinski definition) is 1. The van der Waals surface area contributed by atoms with Crippen molar-refractivity contribution in [1.82, 2.24) is 15.1 Å². The monoisotopic (exact) mass is 402 g/mol. The van der Waals surface area contributed by atoms with Gasteiger partial charge in [-0.3, -0.25) is 34.2 Å². The third kappa shape index (κ3) is 4.25. The van der Waals surface area contributed by atoms with E-state index in [2.05, 4.69) is 5.32 Å². The van der Waals surface area contributed by atoms with Crippen LogP contribution in [0.5, 0.6) is 0 Å². The Morgan fingerprint density at radius 3 is 2.45 bits per heavy atom. The van der Waals surface area contributed by atoms with Gasteiger partial charge >= 0.3 is 0 Å². The number of nitro benzene ring substituents is 1. The maximum Gasteiger partial charge on any atom is 0.270 e. The van der Waals surface area contributed by atoms with E-state index in [1.165, 1.54) is 6.07 Å². The molecule has 0 atom stereocenters. The SMILES string of the molecule is CCCC(=O)N1CCC(NC(=O)CN2C(=O)c3ccc([N+](=O)[O-])cc3C2=O)CC1. The van der Waals surface area contributed by atoms with Gasteiger partial charge in [0.15, 0.2) is 0 Å². The highest BCUT2D eigenvalue weighted by Gasteiger charge is 2.38. The largest absolute Gasteiger partial charge is 0.352 e. The Bertz CT molecular complexity index is 875. The number of carbonyl (C=O) groups excluding carboxylic acids is 4. The first-order chi connectivity index (χ1) is 13.8. The molecule has 0 radical (unpaired) electrons. The summed E-state index contributed by atoms with van der Waals surface area (Å²) < 4.78 is 0. The van der Waals surface area contributed by atoms with Crippen molar-refractivity contribution in [2.75, 3.05) is 19.6 Å². The molecule has 0 aromatic heterocycles. The second kappa shape index (κ2) is 8.38. The lowest BCUT2D eigenvalue weighted by molar-refractivity contribution is -0.384. The topological polar surface area (TPSA) is 130 Å². The lowest BCUT2D eigenvalue weighted by Crippen LogP contribution is -2.49. The van der Waals surface area contributed by atoms with E-state index in [0.29, 0.717) is 32.4 Å². The molecule has 1 aromatic rings. The number of nitrogens with zero attached hydrogens (tertiary/aromatic N) is 3. The number of nitrogens with one attached hydrogen (secondary N) is 1. The van der Waals surface area contributed by atoms with Gasteiger partial charge in [0.2, 0.25) is 11.8 Å². The number of piperidine rings is 1. The number of carbonyl (C=O) groups is 4. The number of hydrogen-bond acceptors (Lipinski definition) is 6. The number of benzene rings is 1. The molecule has 154 valence electrons. The van der Waals surface area contributed by atoms with Crippen LogP contribution < -0.4 is 5.32 Å². The van der Waals surface area contributed by atoms with Crippen molar-refractivity contribution in [3.8, 4) is 0 Å².